The normalized spacial score (nSPS) is 15.8. The molecule has 1 atom stereocenters. The Labute approximate surface area is 122 Å². The third kappa shape index (κ3) is 3.19. The van der Waals surface area contributed by atoms with Gasteiger partial charge in [0.05, 0.1) is 12.7 Å². The van der Waals surface area contributed by atoms with E-state index in [0.29, 0.717) is 22.9 Å². The van der Waals surface area contributed by atoms with Gasteiger partial charge in [0.1, 0.15) is 5.00 Å². The quantitative estimate of drug-likeness (QED) is 0.816. The molecule has 1 aliphatic rings. The predicted molar refractivity (Wildman–Crippen MR) is 79.1 cm³/mol. The SMILES string of the molecule is COC(=O)c1c(NC(=O)CC(N)C2CC2)sc(C)c1C. The molecule has 1 saturated carbocycles. The first-order chi connectivity index (χ1) is 9.43. The maximum atomic E-state index is 12.0. The number of methoxy groups -OCH3 is 1. The summed E-state index contributed by atoms with van der Waals surface area (Å²) >= 11 is 1.39. The molecule has 0 radical (unpaired) electrons. The Balaban J connectivity index is 2.10. The second-order valence-corrected chi connectivity index (χ2v) is 6.46. The van der Waals surface area contributed by atoms with E-state index in [1.807, 2.05) is 13.8 Å². The summed E-state index contributed by atoms with van der Waals surface area (Å²) in [6.45, 7) is 3.77. The molecule has 0 bridgehead atoms. The number of thiophene rings is 1. The zero-order valence-electron chi connectivity index (χ0n) is 12.0. The average Bonchev–Trinajstić information content (AvgIpc) is 3.18. The maximum absolute atomic E-state index is 12.0. The summed E-state index contributed by atoms with van der Waals surface area (Å²) in [7, 11) is 1.34. The first-order valence-corrected chi connectivity index (χ1v) is 7.49. The zero-order valence-corrected chi connectivity index (χ0v) is 12.8. The standard InChI is InChI=1S/C14H20N2O3S/c1-7-8(2)20-13(12(7)14(18)19-3)16-11(17)6-10(15)9-4-5-9/h9-10H,4-6,15H2,1-3H3,(H,16,17). The average molecular weight is 296 g/mol. The van der Waals surface area contributed by atoms with Gasteiger partial charge in [-0.1, -0.05) is 0 Å². The Hall–Kier alpha value is -1.40. The summed E-state index contributed by atoms with van der Waals surface area (Å²) in [6.07, 6.45) is 2.51. The Kier molecular flexibility index (Phi) is 4.45. The van der Waals surface area contributed by atoms with Gasteiger partial charge in [-0.25, -0.2) is 4.79 Å². The van der Waals surface area contributed by atoms with Gasteiger partial charge in [-0.05, 0) is 38.2 Å². The van der Waals surface area contributed by atoms with Crippen molar-refractivity contribution < 1.29 is 14.3 Å². The highest BCUT2D eigenvalue weighted by Gasteiger charge is 2.30. The molecule has 0 aliphatic heterocycles. The highest BCUT2D eigenvalue weighted by molar-refractivity contribution is 7.16. The summed E-state index contributed by atoms with van der Waals surface area (Å²) in [5.74, 6) is -0.0860. The lowest BCUT2D eigenvalue weighted by molar-refractivity contribution is -0.116. The molecule has 0 spiro atoms. The van der Waals surface area contributed by atoms with Gasteiger partial charge in [0, 0.05) is 17.3 Å². The topological polar surface area (TPSA) is 81.4 Å². The number of hydrogen-bond acceptors (Lipinski definition) is 5. The highest BCUT2D eigenvalue weighted by Crippen LogP contribution is 2.35. The summed E-state index contributed by atoms with van der Waals surface area (Å²) < 4.78 is 4.77. The molecule has 2 rings (SSSR count). The van der Waals surface area contributed by atoms with Crippen molar-refractivity contribution in [2.45, 2.75) is 39.2 Å². The second kappa shape index (κ2) is 5.93. The number of carbonyl (C=O) groups is 2. The van der Waals surface area contributed by atoms with E-state index in [2.05, 4.69) is 5.32 Å². The van der Waals surface area contributed by atoms with E-state index in [4.69, 9.17) is 10.5 Å². The largest absolute Gasteiger partial charge is 0.465 e. The molecule has 110 valence electrons. The summed E-state index contributed by atoms with van der Waals surface area (Å²) in [5.41, 5.74) is 7.24. The molecule has 5 nitrogen and oxygen atoms in total. The Morgan fingerprint density at radius 3 is 2.65 bits per heavy atom. The molecule has 1 fully saturated rings. The van der Waals surface area contributed by atoms with Crippen molar-refractivity contribution in [2.75, 3.05) is 12.4 Å². The minimum atomic E-state index is -0.423. The molecule has 1 heterocycles. The molecule has 1 aromatic rings. The molecule has 20 heavy (non-hydrogen) atoms. The van der Waals surface area contributed by atoms with Crippen LogP contribution in [0.25, 0.3) is 0 Å². The summed E-state index contributed by atoms with van der Waals surface area (Å²) in [6, 6.07) is -0.0845. The third-order valence-electron chi connectivity index (χ3n) is 3.68. The second-order valence-electron chi connectivity index (χ2n) is 5.23. The smallest absolute Gasteiger partial charge is 0.341 e. The van der Waals surface area contributed by atoms with E-state index in [1.165, 1.54) is 18.4 Å². The van der Waals surface area contributed by atoms with E-state index >= 15 is 0 Å². The van der Waals surface area contributed by atoms with E-state index in [-0.39, 0.29) is 11.9 Å². The fraction of sp³-hybridized carbons (Fsp3) is 0.571. The van der Waals surface area contributed by atoms with Crippen LogP contribution in [0, 0.1) is 19.8 Å². The number of anilines is 1. The van der Waals surface area contributed by atoms with Crippen molar-refractivity contribution in [3.05, 3.63) is 16.0 Å². The Bertz CT molecular complexity index is 535. The van der Waals surface area contributed by atoms with Crippen LogP contribution in [0.3, 0.4) is 0 Å². The molecule has 1 aliphatic carbocycles. The van der Waals surface area contributed by atoms with Crippen LogP contribution in [0.5, 0.6) is 0 Å². The van der Waals surface area contributed by atoms with Gasteiger partial charge in [-0.15, -0.1) is 11.3 Å². The number of nitrogens with two attached hydrogens (primary N) is 1. The van der Waals surface area contributed by atoms with E-state index in [1.54, 1.807) is 0 Å². The Morgan fingerprint density at radius 2 is 2.10 bits per heavy atom. The van der Waals surface area contributed by atoms with Crippen LogP contribution in [0.1, 0.15) is 40.1 Å². The third-order valence-corrected chi connectivity index (χ3v) is 4.80. The van der Waals surface area contributed by atoms with Crippen molar-refractivity contribution in [1.82, 2.24) is 0 Å². The number of rotatable bonds is 5. The van der Waals surface area contributed by atoms with Crippen LogP contribution >= 0.6 is 11.3 Å². The summed E-state index contributed by atoms with van der Waals surface area (Å²) in [5, 5.41) is 3.36. The maximum Gasteiger partial charge on any atom is 0.341 e. The van der Waals surface area contributed by atoms with Gasteiger partial charge in [0.25, 0.3) is 0 Å². The van der Waals surface area contributed by atoms with Crippen LogP contribution in [0.15, 0.2) is 0 Å². The van der Waals surface area contributed by atoms with Gasteiger partial charge in [0.2, 0.25) is 5.91 Å². The minimum Gasteiger partial charge on any atom is -0.465 e. The van der Waals surface area contributed by atoms with Crippen molar-refractivity contribution in [3.8, 4) is 0 Å². The van der Waals surface area contributed by atoms with Gasteiger partial charge in [-0.3, -0.25) is 4.79 Å². The molecular weight excluding hydrogens is 276 g/mol. The predicted octanol–water partition coefficient (Wildman–Crippen LogP) is 2.22. The van der Waals surface area contributed by atoms with Gasteiger partial charge >= 0.3 is 5.97 Å². The monoisotopic (exact) mass is 296 g/mol. The molecule has 0 saturated heterocycles. The van der Waals surface area contributed by atoms with Crippen molar-refractivity contribution in [3.63, 3.8) is 0 Å². The summed E-state index contributed by atoms with van der Waals surface area (Å²) in [4.78, 5) is 24.8. The van der Waals surface area contributed by atoms with Gasteiger partial charge < -0.3 is 15.8 Å². The number of amides is 1. The van der Waals surface area contributed by atoms with Crippen LogP contribution in [-0.2, 0) is 9.53 Å². The molecule has 3 N–H and O–H groups in total. The number of esters is 1. The van der Waals surface area contributed by atoms with Crippen molar-refractivity contribution >= 4 is 28.2 Å². The van der Waals surface area contributed by atoms with Crippen LogP contribution < -0.4 is 11.1 Å². The number of nitrogens with one attached hydrogen (secondary N) is 1. The zero-order chi connectivity index (χ0) is 14.9. The van der Waals surface area contributed by atoms with Crippen molar-refractivity contribution in [2.24, 2.45) is 11.7 Å². The van der Waals surface area contributed by atoms with Gasteiger partial charge in [0.15, 0.2) is 0 Å². The molecule has 0 aromatic carbocycles. The van der Waals surface area contributed by atoms with Crippen LogP contribution in [0.4, 0.5) is 5.00 Å². The van der Waals surface area contributed by atoms with E-state index in [9.17, 15) is 9.59 Å². The number of ether oxygens (including phenoxy) is 1. The van der Waals surface area contributed by atoms with Crippen LogP contribution in [0.2, 0.25) is 0 Å². The molecule has 1 aromatic heterocycles. The van der Waals surface area contributed by atoms with E-state index < -0.39 is 5.97 Å². The molecule has 1 unspecified atom stereocenters. The fourth-order valence-corrected chi connectivity index (χ4v) is 3.21. The first kappa shape index (κ1) is 15.0. The van der Waals surface area contributed by atoms with Crippen LogP contribution in [-0.4, -0.2) is 25.0 Å². The molecule has 6 heteroatoms. The number of hydrogen-bond donors (Lipinski definition) is 2. The highest BCUT2D eigenvalue weighted by atomic mass is 32.1. The lowest BCUT2D eigenvalue weighted by Crippen LogP contribution is -2.29. The number of carbonyl (C=O) groups excluding carboxylic acids is 2. The van der Waals surface area contributed by atoms with E-state index in [0.717, 1.165) is 23.3 Å². The fourth-order valence-electron chi connectivity index (χ4n) is 2.15. The van der Waals surface area contributed by atoms with Gasteiger partial charge in [-0.2, -0.15) is 0 Å². The number of aryl methyl sites for hydroxylation is 1. The lowest BCUT2D eigenvalue weighted by Gasteiger charge is -2.10. The lowest BCUT2D eigenvalue weighted by atomic mass is 10.1. The van der Waals surface area contributed by atoms with Crippen molar-refractivity contribution in [1.29, 1.82) is 0 Å². The first-order valence-electron chi connectivity index (χ1n) is 6.67. The Morgan fingerprint density at radius 1 is 1.45 bits per heavy atom. The molecule has 1 amide bonds. The minimum absolute atomic E-state index is 0.0845. The molecular formula is C14H20N2O3S.